The molecule has 1 saturated heterocycles. The summed E-state index contributed by atoms with van der Waals surface area (Å²) in [4.78, 5) is 2.77. The zero-order chi connectivity index (χ0) is 12.1. The van der Waals surface area contributed by atoms with Crippen molar-refractivity contribution < 1.29 is 0 Å². The van der Waals surface area contributed by atoms with Crippen molar-refractivity contribution in [3.63, 3.8) is 0 Å². The maximum absolute atomic E-state index is 3.60. The average Bonchev–Trinajstić information content (AvgIpc) is 2.61. The largest absolute Gasteiger partial charge is 0.313 e. The standard InChI is InChI=1S/C14H30N2/c1-6-13-9-8-12(5)16(13)14(7-2)10-15-11(3)4/h11-15H,6-10H2,1-5H3. The van der Waals surface area contributed by atoms with Crippen molar-refractivity contribution in [2.24, 2.45) is 0 Å². The first-order valence-corrected chi connectivity index (χ1v) is 7.10. The molecule has 2 heteroatoms. The quantitative estimate of drug-likeness (QED) is 0.749. The van der Waals surface area contributed by atoms with Crippen molar-refractivity contribution in [1.82, 2.24) is 10.2 Å². The Kier molecular flexibility index (Phi) is 5.77. The van der Waals surface area contributed by atoms with E-state index in [9.17, 15) is 0 Å². The molecule has 1 N–H and O–H groups in total. The van der Waals surface area contributed by atoms with Crippen LogP contribution in [-0.4, -0.2) is 35.6 Å². The summed E-state index contributed by atoms with van der Waals surface area (Å²) in [5.41, 5.74) is 0. The Labute approximate surface area is 102 Å². The Morgan fingerprint density at radius 3 is 2.44 bits per heavy atom. The van der Waals surface area contributed by atoms with Gasteiger partial charge in [-0.25, -0.2) is 0 Å². The first-order valence-electron chi connectivity index (χ1n) is 7.10. The van der Waals surface area contributed by atoms with Crippen molar-refractivity contribution in [3.05, 3.63) is 0 Å². The highest BCUT2D eigenvalue weighted by molar-refractivity contribution is 4.89. The summed E-state index contributed by atoms with van der Waals surface area (Å²) < 4.78 is 0. The predicted octanol–water partition coefficient (Wildman–Crippen LogP) is 3.03. The zero-order valence-electron chi connectivity index (χ0n) is 11.8. The number of hydrogen-bond acceptors (Lipinski definition) is 2. The lowest BCUT2D eigenvalue weighted by Gasteiger charge is -2.36. The number of hydrogen-bond donors (Lipinski definition) is 1. The van der Waals surface area contributed by atoms with Crippen LogP contribution in [0.5, 0.6) is 0 Å². The van der Waals surface area contributed by atoms with E-state index >= 15 is 0 Å². The molecule has 2 nitrogen and oxygen atoms in total. The number of nitrogens with one attached hydrogen (secondary N) is 1. The van der Waals surface area contributed by atoms with Gasteiger partial charge in [0.05, 0.1) is 0 Å². The molecule has 0 aromatic rings. The van der Waals surface area contributed by atoms with Gasteiger partial charge in [-0.1, -0.05) is 27.7 Å². The van der Waals surface area contributed by atoms with E-state index in [1.54, 1.807) is 0 Å². The van der Waals surface area contributed by atoms with E-state index in [-0.39, 0.29) is 0 Å². The van der Waals surface area contributed by atoms with Crippen LogP contribution in [0.25, 0.3) is 0 Å². The fraction of sp³-hybridized carbons (Fsp3) is 1.00. The highest BCUT2D eigenvalue weighted by Crippen LogP contribution is 2.29. The summed E-state index contributed by atoms with van der Waals surface area (Å²) in [6.07, 6.45) is 5.36. The Balaban J connectivity index is 2.55. The van der Waals surface area contributed by atoms with Gasteiger partial charge in [-0.05, 0) is 32.6 Å². The maximum atomic E-state index is 3.60. The fourth-order valence-electron chi connectivity index (χ4n) is 3.00. The minimum absolute atomic E-state index is 0.604. The van der Waals surface area contributed by atoms with Gasteiger partial charge in [0.25, 0.3) is 0 Å². The highest BCUT2D eigenvalue weighted by atomic mass is 15.2. The van der Waals surface area contributed by atoms with Gasteiger partial charge in [-0.2, -0.15) is 0 Å². The number of likely N-dealkylation sites (tertiary alicyclic amines) is 1. The zero-order valence-corrected chi connectivity index (χ0v) is 11.8. The van der Waals surface area contributed by atoms with E-state index in [2.05, 4.69) is 44.8 Å². The second-order valence-corrected chi connectivity index (χ2v) is 5.56. The first-order chi connectivity index (χ1) is 7.60. The third kappa shape index (κ3) is 3.46. The smallest absolute Gasteiger partial charge is 0.0223 e. The molecule has 0 amide bonds. The Bertz CT molecular complexity index is 191. The van der Waals surface area contributed by atoms with Gasteiger partial charge in [0.1, 0.15) is 0 Å². The summed E-state index contributed by atoms with van der Waals surface area (Å²) in [5.74, 6) is 0. The molecule has 0 aromatic carbocycles. The molecule has 1 aliphatic heterocycles. The fourth-order valence-corrected chi connectivity index (χ4v) is 3.00. The lowest BCUT2D eigenvalue weighted by molar-refractivity contribution is 0.125. The lowest BCUT2D eigenvalue weighted by Crippen LogP contribution is -2.48. The van der Waals surface area contributed by atoms with E-state index < -0.39 is 0 Å². The molecule has 0 aliphatic carbocycles. The van der Waals surface area contributed by atoms with Crippen LogP contribution in [0.15, 0.2) is 0 Å². The van der Waals surface area contributed by atoms with Gasteiger partial charge in [0.15, 0.2) is 0 Å². The first kappa shape index (κ1) is 14.0. The number of nitrogens with zero attached hydrogens (tertiary/aromatic N) is 1. The summed E-state index contributed by atoms with van der Waals surface area (Å²) in [5, 5.41) is 3.60. The van der Waals surface area contributed by atoms with Crippen LogP contribution >= 0.6 is 0 Å². The predicted molar refractivity (Wildman–Crippen MR) is 71.8 cm³/mol. The van der Waals surface area contributed by atoms with Crippen LogP contribution in [0.4, 0.5) is 0 Å². The third-order valence-corrected chi connectivity index (χ3v) is 3.97. The average molecular weight is 226 g/mol. The molecule has 0 bridgehead atoms. The Morgan fingerprint density at radius 1 is 1.25 bits per heavy atom. The molecular weight excluding hydrogens is 196 g/mol. The molecule has 96 valence electrons. The molecule has 0 spiro atoms. The van der Waals surface area contributed by atoms with Gasteiger partial charge < -0.3 is 5.32 Å². The molecule has 0 saturated carbocycles. The molecule has 1 rings (SSSR count). The monoisotopic (exact) mass is 226 g/mol. The third-order valence-electron chi connectivity index (χ3n) is 3.97. The molecule has 0 radical (unpaired) electrons. The van der Waals surface area contributed by atoms with Gasteiger partial charge in [0, 0.05) is 30.7 Å². The number of rotatable bonds is 6. The van der Waals surface area contributed by atoms with Crippen LogP contribution in [0.2, 0.25) is 0 Å². The van der Waals surface area contributed by atoms with Gasteiger partial charge in [-0.15, -0.1) is 0 Å². The van der Waals surface area contributed by atoms with Crippen molar-refractivity contribution in [2.75, 3.05) is 6.54 Å². The molecule has 1 fully saturated rings. The van der Waals surface area contributed by atoms with Crippen molar-refractivity contribution in [2.45, 2.75) is 84.5 Å². The summed E-state index contributed by atoms with van der Waals surface area (Å²) in [7, 11) is 0. The minimum atomic E-state index is 0.604. The van der Waals surface area contributed by atoms with Gasteiger partial charge in [-0.3, -0.25) is 4.90 Å². The summed E-state index contributed by atoms with van der Waals surface area (Å²) in [6, 6.07) is 2.94. The SMILES string of the molecule is CCC1CCC(C)N1C(CC)CNC(C)C. The maximum Gasteiger partial charge on any atom is 0.0223 e. The van der Waals surface area contributed by atoms with E-state index in [4.69, 9.17) is 0 Å². The second-order valence-electron chi connectivity index (χ2n) is 5.56. The van der Waals surface area contributed by atoms with E-state index in [1.807, 2.05) is 0 Å². The topological polar surface area (TPSA) is 15.3 Å². The normalized spacial score (nSPS) is 28.9. The summed E-state index contributed by atoms with van der Waals surface area (Å²) in [6.45, 7) is 12.7. The van der Waals surface area contributed by atoms with Crippen LogP contribution in [0, 0.1) is 0 Å². The van der Waals surface area contributed by atoms with E-state index in [0.717, 1.165) is 24.7 Å². The van der Waals surface area contributed by atoms with Crippen molar-refractivity contribution in [1.29, 1.82) is 0 Å². The van der Waals surface area contributed by atoms with Crippen LogP contribution in [0.3, 0.4) is 0 Å². The van der Waals surface area contributed by atoms with E-state index in [1.165, 1.54) is 25.7 Å². The minimum Gasteiger partial charge on any atom is -0.313 e. The molecule has 3 unspecified atom stereocenters. The molecule has 1 heterocycles. The van der Waals surface area contributed by atoms with Crippen LogP contribution < -0.4 is 5.32 Å². The molecule has 1 aliphatic rings. The summed E-state index contributed by atoms with van der Waals surface area (Å²) >= 11 is 0. The Morgan fingerprint density at radius 2 is 1.94 bits per heavy atom. The second kappa shape index (κ2) is 6.61. The molecule has 16 heavy (non-hydrogen) atoms. The van der Waals surface area contributed by atoms with Gasteiger partial charge >= 0.3 is 0 Å². The lowest BCUT2D eigenvalue weighted by atomic mass is 10.1. The molecular formula is C14H30N2. The van der Waals surface area contributed by atoms with Crippen LogP contribution in [-0.2, 0) is 0 Å². The molecule has 3 atom stereocenters. The molecule has 0 aromatic heterocycles. The van der Waals surface area contributed by atoms with E-state index in [0.29, 0.717) is 6.04 Å². The van der Waals surface area contributed by atoms with Crippen molar-refractivity contribution >= 4 is 0 Å². The van der Waals surface area contributed by atoms with Crippen LogP contribution in [0.1, 0.15) is 60.3 Å². The highest BCUT2D eigenvalue weighted by Gasteiger charge is 2.33. The van der Waals surface area contributed by atoms with Crippen molar-refractivity contribution in [3.8, 4) is 0 Å². The Hall–Kier alpha value is -0.0800. The van der Waals surface area contributed by atoms with Gasteiger partial charge in [0.2, 0.25) is 0 Å².